The highest BCUT2D eigenvalue weighted by molar-refractivity contribution is 5.81. The minimum absolute atomic E-state index is 0.475. The van der Waals surface area contributed by atoms with Crippen molar-refractivity contribution < 1.29 is 4.79 Å². The second kappa shape index (κ2) is 8.07. The first kappa shape index (κ1) is 15.1. The SMILES string of the molecule is CCCCCCCCCCC(=O)C1CC2CCC1C2. The minimum Gasteiger partial charge on any atom is -0.299 e. The summed E-state index contributed by atoms with van der Waals surface area (Å²) in [4.78, 5) is 12.2. The van der Waals surface area contributed by atoms with Crippen LogP contribution in [0, 0.1) is 17.8 Å². The summed E-state index contributed by atoms with van der Waals surface area (Å²) in [7, 11) is 0. The van der Waals surface area contributed by atoms with Crippen LogP contribution in [0.4, 0.5) is 0 Å². The fraction of sp³-hybridized carbons (Fsp3) is 0.944. The highest BCUT2D eigenvalue weighted by Crippen LogP contribution is 2.48. The van der Waals surface area contributed by atoms with Gasteiger partial charge in [-0.3, -0.25) is 4.79 Å². The Labute approximate surface area is 119 Å². The first-order chi connectivity index (χ1) is 9.31. The zero-order valence-electron chi connectivity index (χ0n) is 12.8. The van der Waals surface area contributed by atoms with E-state index < -0.39 is 0 Å². The molecule has 110 valence electrons. The molecule has 2 rings (SSSR count). The maximum absolute atomic E-state index is 12.2. The van der Waals surface area contributed by atoms with Crippen molar-refractivity contribution in [1.82, 2.24) is 0 Å². The van der Waals surface area contributed by atoms with E-state index >= 15 is 0 Å². The second-order valence-electron chi connectivity index (χ2n) is 6.97. The first-order valence-electron chi connectivity index (χ1n) is 8.84. The zero-order valence-corrected chi connectivity index (χ0v) is 12.8. The summed E-state index contributed by atoms with van der Waals surface area (Å²) in [5.74, 6) is 2.78. The number of rotatable bonds is 10. The number of Topliss-reactive ketones (excluding diaryl/α,β-unsaturated/α-hetero) is 1. The lowest BCUT2D eigenvalue weighted by molar-refractivity contribution is -0.124. The standard InChI is InChI=1S/C18H32O/c1-2-3-4-5-6-7-8-9-10-18(19)17-14-15-11-12-16(17)13-15/h15-17H,2-14H2,1H3. The van der Waals surface area contributed by atoms with Gasteiger partial charge in [-0.1, -0.05) is 58.3 Å². The quantitative estimate of drug-likeness (QED) is 0.475. The fourth-order valence-electron chi connectivity index (χ4n) is 4.26. The molecule has 19 heavy (non-hydrogen) atoms. The Morgan fingerprint density at radius 3 is 2.16 bits per heavy atom. The summed E-state index contributed by atoms with van der Waals surface area (Å²) in [6.07, 6.45) is 16.9. The average Bonchev–Trinajstić information content (AvgIpc) is 3.04. The van der Waals surface area contributed by atoms with Crippen LogP contribution < -0.4 is 0 Å². The van der Waals surface area contributed by atoms with Crippen molar-refractivity contribution in [3.63, 3.8) is 0 Å². The van der Waals surface area contributed by atoms with Gasteiger partial charge in [0.1, 0.15) is 5.78 Å². The van der Waals surface area contributed by atoms with Crippen molar-refractivity contribution in [2.45, 2.75) is 90.4 Å². The normalized spacial score (nSPS) is 29.0. The monoisotopic (exact) mass is 264 g/mol. The van der Waals surface area contributed by atoms with E-state index in [0.717, 1.165) is 24.7 Å². The maximum Gasteiger partial charge on any atom is 0.136 e. The van der Waals surface area contributed by atoms with Crippen molar-refractivity contribution >= 4 is 5.78 Å². The van der Waals surface area contributed by atoms with E-state index in [1.807, 2.05) is 0 Å². The lowest BCUT2D eigenvalue weighted by Crippen LogP contribution is -2.20. The predicted octanol–water partition coefficient (Wildman–Crippen LogP) is 5.52. The number of carbonyl (C=O) groups excluding carboxylic acids is 1. The molecule has 2 aliphatic rings. The van der Waals surface area contributed by atoms with Gasteiger partial charge < -0.3 is 0 Å². The second-order valence-corrected chi connectivity index (χ2v) is 6.97. The molecule has 0 radical (unpaired) electrons. The van der Waals surface area contributed by atoms with Gasteiger partial charge in [-0.15, -0.1) is 0 Å². The Balaban J connectivity index is 1.46. The molecule has 3 unspecified atom stereocenters. The Morgan fingerprint density at radius 1 is 0.895 bits per heavy atom. The van der Waals surface area contributed by atoms with Crippen molar-refractivity contribution in [3.05, 3.63) is 0 Å². The number of hydrogen-bond acceptors (Lipinski definition) is 1. The molecule has 0 heterocycles. The maximum atomic E-state index is 12.2. The lowest BCUT2D eigenvalue weighted by atomic mass is 9.84. The van der Waals surface area contributed by atoms with Crippen molar-refractivity contribution in [3.8, 4) is 0 Å². The number of hydrogen-bond donors (Lipinski definition) is 0. The van der Waals surface area contributed by atoms with Gasteiger partial charge in [0, 0.05) is 12.3 Å². The van der Waals surface area contributed by atoms with Gasteiger partial charge in [-0.2, -0.15) is 0 Å². The van der Waals surface area contributed by atoms with E-state index in [1.165, 1.54) is 70.6 Å². The van der Waals surface area contributed by atoms with Crippen LogP contribution in [-0.4, -0.2) is 5.78 Å². The molecule has 1 heteroatoms. The molecule has 0 aliphatic heterocycles. The molecule has 0 N–H and O–H groups in total. The van der Waals surface area contributed by atoms with Gasteiger partial charge in [0.2, 0.25) is 0 Å². The molecular weight excluding hydrogens is 232 g/mol. The fourth-order valence-corrected chi connectivity index (χ4v) is 4.26. The highest BCUT2D eigenvalue weighted by atomic mass is 16.1. The van der Waals surface area contributed by atoms with Gasteiger partial charge in [-0.25, -0.2) is 0 Å². The summed E-state index contributed by atoms with van der Waals surface area (Å²) >= 11 is 0. The summed E-state index contributed by atoms with van der Waals surface area (Å²) in [5.41, 5.74) is 0. The first-order valence-corrected chi connectivity index (χ1v) is 8.84. The average molecular weight is 264 g/mol. The Kier molecular flexibility index (Phi) is 6.40. The van der Waals surface area contributed by atoms with Crippen molar-refractivity contribution in [2.75, 3.05) is 0 Å². The van der Waals surface area contributed by atoms with Crippen LogP contribution in [-0.2, 0) is 4.79 Å². The van der Waals surface area contributed by atoms with E-state index in [9.17, 15) is 4.79 Å². The third kappa shape index (κ3) is 4.61. The van der Waals surface area contributed by atoms with Crippen LogP contribution in [0.3, 0.4) is 0 Å². The van der Waals surface area contributed by atoms with E-state index in [-0.39, 0.29) is 0 Å². The van der Waals surface area contributed by atoms with E-state index in [2.05, 4.69) is 6.92 Å². The smallest absolute Gasteiger partial charge is 0.136 e. The number of fused-ring (bicyclic) bond motifs is 2. The Bertz CT molecular complexity index is 271. The molecule has 1 nitrogen and oxygen atoms in total. The number of carbonyl (C=O) groups is 1. The largest absolute Gasteiger partial charge is 0.299 e. The molecule has 2 fully saturated rings. The van der Waals surface area contributed by atoms with Crippen LogP contribution in [0.2, 0.25) is 0 Å². The highest BCUT2D eigenvalue weighted by Gasteiger charge is 2.42. The minimum atomic E-state index is 0.475. The molecule has 0 spiro atoms. The molecule has 0 aromatic heterocycles. The summed E-state index contributed by atoms with van der Waals surface area (Å²) < 4.78 is 0. The summed E-state index contributed by atoms with van der Waals surface area (Å²) in [6.45, 7) is 2.27. The Hall–Kier alpha value is -0.330. The predicted molar refractivity (Wildman–Crippen MR) is 81.2 cm³/mol. The van der Waals surface area contributed by atoms with Gasteiger partial charge in [0.15, 0.2) is 0 Å². The molecule has 0 saturated heterocycles. The van der Waals surface area contributed by atoms with Crippen LogP contribution in [0.5, 0.6) is 0 Å². The van der Waals surface area contributed by atoms with E-state index in [0.29, 0.717) is 11.7 Å². The third-order valence-electron chi connectivity index (χ3n) is 5.43. The van der Waals surface area contributed by atoms with Crippen molar-refractivity contribution in [1.29, 1.82) is 0 Å². The van der Waals surface area contributed by atoms with Crippen LogP contribution in [0.25, 0.3) is 0 Å². The molecule has 0 aromatic rings. The van der Waals surface area contributed by atoms with Crippen LogP contribution >= 0.6 is 0 Å². The molecule has 0 amide bonds. The summed E-state index contributed by atoms with van der Waals surface area (Å²) in [5, 5.41) is 0. The van der Waals surface area contributed by atoms with Gasteiger partial charge >= 0.3 is 0 Å². The van der Waals surface area contributed by atoms with Gasteiger partial charge in [0.05, 0.1) is 0 Å². The molecule has 2 aliphatic carbocycles. The molecule has 0 aromatic carbocycles. The Morgan fingerprint density at radius 2 is 1.58 bits per heavy atom. The van der Waals surface area contributed by atoms with Gasteiger partial charge in [-0.05, 0) is 37.5 Å². The van der Waals surface area contributed by atoms with Gasteiger partial charge in [0.25, 0.3) is 0 Å². The molecule has 3 atom stereocenters. The topological polar surface area (TPSA) is 17.1 Å². The number of ketones is 1. The molecule has 2 saturated carbocycles. The summed E-state index contributed by atoms with van der Waals surface area (Å²) in [6, 6.07) is 0. The third-order valence-corrected chi connectivity index (χ3v) is 5.43. The van der Waals surface area contributed by atoms with E-state index in [4.69, 9.17) is 0 Å². The van der Waals surface area contributed by atoms with Crippen LogP contribution in [0.1, 0.15) is 90.4 Å². The molecule has 2 bridgehead atoms. The molecular formula is C18H32O. The van der Waals surface area contributed by atoms with Crippen molar-refractivity contribution in [2.24, 2.45) is 17.8 Å². The van der Waals surface area contributed by atoms with E-state index in [1.54, 1.807) is 0 Å². The van der Waals surface area contributed by atoms with Crippen LogP contribution in [0.15, 0.2) is 0 Å². The number of unbranched alkanes of at least 4 members (excludes halogenated alkanes) is 7. The zero-order chi connectivity index (χ0) is 13.5. The lowest BCUT2D eigenvalue weighted by Gasteiger charge is -2.20.